The van der Waals surface area contributed by atoms with Crippen molar-refractivity contribution < 1.29 is 14.3 Å². The molecule has 4 nitrogen and oxygen atoms in total. The van der Waals surface area contributed by atoms with E-state index in [4.69, 9.17) is 5.73 Å². The Morgan fingerprint density at radius 1 is 1.24 bits per heavy atom. The van der Waals surface area contributed by atoms with E-state index < -0.39 is 11.7 Å². The number of rotatable bonds is 4. The Balaban J connectivity index is 2.42. The Hall–Kier alpha value is -2.56. The molecule has 0 aromatic heterocycles. The summed E-state index contributed by atoms with van der Waals surface area (Å²) in [6.45, 7) is 2.33. The summed E-state index contributed by atoms with van der Waals surface area (Å²) in [6.07, 6.45) is 0.700. The quantitative estimate of drug-likeness (QED) is 0.849. The van der Waals surface area contributed by atoms with Gasteiger partial charge in [-0.2, -0.15) is 0 Å². The highest BCUT2D eigenvalue weighted by molar-refractivity contribution is 6.08. The van der Waals surface area contributed by atoms with Crippen LogP contribution in [-0.2, 0) is 0 Å². The summed E-state index contributed by atoms with van der Waals surface area (Å²) in [5, 5.41) is 9.76. The molecule has 0 unspecified atom stereocenters. The highest BCUT2D eigenvalue weighted by Crippen LogP contribution is 2.25. The summed E-state index contributed by atoms with van der Waals surface area (Å²) in [7, 11) is 0. The van der Waals surface area contributed by atoms with Crippen LogP contribution in [0, 0.1) is 5.82 Å². The van der Waals surface area contributed by atoms with Crippen LogP contribution in [0.3, 0.4) is 0 Å². The maximum atomic E-state index is 13.9. The third kappa shape index (κ3) is 3.13. The zero-order valence-electron chi connectivity index (χ0n) is 11.7. The molecule has 2 rings (SSSR count). The second kappa shape index (κ2) is 6.26. The van der Waals surface area contributed by atoms with Gasteiger partial charge in [0.05, 0.1) is 0 Å². The average Bonchev–Trinajstić information content (AvgIpc) is 2.45. The van der Waals surface area contributed by atoms with E-state index in [2.05, 4.69) is 0 Å². The van der Waals surface area contributed by atoms with Crippen LogP contribution in [0.1, 0.15) is 23.7 Å². The van der Waals surface area contributed by atoms with E-state index in [1.165, 1.54) is 17.0 Å². The summed E-state index contributed by atoms with van der Waals surface area (Å²) >= 11 is 0. The first-order valence-electron chi connectivity index (χ1n) is 6.69. The number of halogens is 1. The second-order valence-corrected chi connectivity index (χ2v) is 4.68. The Bertz CT molecular complexity index is 621. The van der Waals surface area contributed by atoms with Crippen LogP contribution < -0.4 is 10.6 Å². The Kier molecular flexibility index (Phi) is 4.42. The molecule has 3 N–H and O–H groups in total. The first kappa shape index (κ1) is 14.8. The summed E-state index contributed by atoms with van der Waals surface area (Å²) < 4.78 is 13.9. The molecule has 0 fully saturated rings. The lowest BCUT2D eigenvalue weighted by atomic mass is 10.1. The lowest BCUT2D eigenvalue weighted by Gasteiger charge is -2.23. The number of nitrogens with zero attached hydrogens (tertiary/aromatic N) is 1. The van der Waals surface area contributed by atoms with Gasteiger partial charge in [-0.15, -0.1) is 0 Å². The summed E-state index contributed by atoms with van der Waals surface area (Å²) in [5.41, 5.74) is 6.51. The molecule has 0 atom stereocenters. The van der Waals surface area contributed by atoms with Crippen molar-refractivity contribution in [2.75, 3.05) is 17.2 Å². The maximum Gasteiger partial charge on any atom is 0.265 e. The van der Waals surface area contributed by atoms with Gasteiger partial charge in [-0.25, -0.2) is 4.39 Å². The SMILES string of the molecule is CCCN(C(=O)c1c(O)cccc1F)c1ccc(N)cc1. The van der Waals surface area contributed by atoms with Gasteiger partial charge in [0.2, 0.25) is 0 Å². The van der Waals surface area contributed by atoms with Crippen molar-refractivity contribution >= 4 is 17.3 Å². The van der Waals surface area contributed by atoms with E-state index in [0.717, 1.165) is 6.07 Å². The van der Waals surface area contributed by atoms with Crippen molar-refractivity contribution in [1.82, 2.24) is 0 Å². The number of phenolic OH excluding ortho intramolecular Hbond substituents is 1. The Morgan fingerprint density at radius 2 is 1.90 bits per heavy atom. The molecule has 0 heterocycles. The van der Waals surface area contributed by atoms with Gasteiger partial charge in [-0.1, -0.05) is 13.0 Å². The van der Waals surface area contributed by atoms with Gasteiger partial charge in [-0.05, 0) is 42.8 Å². The van der Waals surface area contributed by atoms with Gasteiger partial charge < -0.3 is 15.7 Å². The molecule has 2 aromatic carbocycles. The van der Waals surface area contributed by atoms with Gasteiger partial charge in [0.1, 0.15) is 17.1 Å². The van der Waals surface area contributed by atoms with Crippen LogP contribution in [0.15, 0.2) is 42.5 Å². The highest BCUT2D eigenvalue weighted by atomic mass is 19.1. The third-order valence-electron chi connectivity index (χ3n) is 3.10. The normalized spacial score (nSPS) is 10.4. The van der Waals surface area contributed by atoms with Gasteiger partial charge in [0.15, 0.2) is 0 Å². The molecule has 21 heavy (non-hydrogen) atoms. The minimum Gasteiger partial charge on any atom is -0.507 e. The van der Waals surface area contributed by atoms with Crippen molar-refractivity contribution in [3.63, 3.8) is 0 Å². The Morgan fingerprint density at radius 3 is 2.48 bits per heavy atom. The molecule has 0 aliphatic heterocycles. The van der Waals surface area contributed by atoms with Gasteiger partial charge in [0, 0.05) is 17.9 Å². The molecule has 5 heteroatoms. The van der Waals surface area contributed by atoms with Gasteiger partial charge in [-0.3, -0.25) is 4.79 Å². The zero-order chi connectivity index (χ0) is 15.4. The van der Waals surface area contributed by atoms with E-state index in [0.29, 0.717) is 24.3 Å². The topological polar surface area (TPSA) is 66.6 Å². The number of amides is 1. The molecule has 0 radical (unpaired) electrons. The molecule has 1 amide bonds. The van der Waals surface area contributed by atoms with Crippen LogP contribution >= 0.6 is 0 Å². The molecule has 2 aromatic rings. The van der Waals surface area contributed by atoms with Crippen LogP contribution in [-0.4, -0.2) is 17.6 Å². The lowest BCUT2D eigenvalue weighted by Crippen LogP contribution is -2.32. The number of aromatic hydroxyl groups is 1. The van der Waals surface area contributed by atoms with Crippen LogP contribution in [0.5, 0.6) is 5.75 Å². The molecular weight excluding hydrogens is 271 g/mol. The first-order valence-corrected chi connectivity index (χ1v) is 6.69. The molecule has 110 valence electrons. The van der Waals surface area contributed by atoms with Crippen LogP contribution in [0.2, 0.25) is 0 Å². The number of phenols is 1. The zero-order valence-corrected chi connectivity index (χ0v) is 11.7. The Labute approximate surface area is 122 Å². The van der Waals surface area contributed by atoms with Crippen molar-refractivity contribution in [3.05, 3.63) is 53.8 Å². The summed E-state index contributed by atoms with van der Waals surface area (Å²) in [4.78, 5) is 14.0. The highest BCUT2D eigenvalue weighted by Gasteiger charge is 2.23. The number of carbonyl (C=O) groups is 1. The van der Waals surface area contributed by atoms with E-state index in [9.17, 15) is 14.3 Å². The fraction of sp³-hybridized carbons (Fsp3) is 0.188. The second-order valence-electron chi connectivity index (χ2n) is 4.68. The average molecular weight is 288 g/mol. The van der Waals surface area contributed by atoms with Crippen molar-refractivity contribution in [2.45, 2.75) is 13.3 Å². The van der Waals surface area contributed by atoms with Crippen LogP contribution in [0.25, 0.3) is 0 Å². The van der Waals surface area contributed by atoms with E-state index in [1.807, 2.05) is 6.92 Å². The predicted molar refractivity (Wildman–Crippen MR) is 80.9 cm³/mol. The lowest BCUT2D eigenvalue weighted by molar-refractivity contribution is 0.0980. The molecule has 0 aliphatic carbocycles. The number of nitrogens with two attached hydrogens (primary N) is 1. The van der Waals surface area contributed by atoms with Crippen molar-refractivity contribution in [3.8, 4) is 5.75 Å². The third-order valence-corrected chi connectivity index (χ3v) is 3.10. The number of nitrogen functional groups attached to an aromatic ring is 1. The summed E-state index contributed by atoms with van der Waals surface area (Å²) in [6, 6.07) is 10.5. The summed E-state index contributed by atoms with van der Waals surface area (Å²) in [5.74, 6) is -1.68. The largest absolute Gasteiger partial charge is 0.507 e. The molecule has 0 spiro atoms. The number of hydrogen-bond donors (Lipinski definition) is 2. The predicted octanol–water partition coefficient (Wildman–Crippen LogP) is 3.17. The number of carbonyl (C=O) groups excluding carboxylic acids is 1. The van der Waals surface area contributed by atoms with E-state index in [1.54, 1.807) is 24.3 Å². The maximum absolute atomic E-state index is 13.9. The van der Waals surface area contributed by atoms with Crippen molar-refractivity contribution in [2.24, 2.45) is 0 Å². The molecular formula is C16H17FN2O2. The molecule has 0 saturated heterocycles. The number of hydrogen-bond acceptors (Lipinski definition) is 3. The molecule has 0 bridgehead atoms. The number of benzene rings is 2. The smallest absolute Gasteiger partial charge is 0.265 e. The van der Waals surface area contributed by atoms with Gasteiger partial charge >= 0.3 is 0 Å². The van der Waals surface area contributed by atoms with Gasteiger partial charge in [0.25, 0.3) is 5.91 Å². The standard InChI is InChI=1S/C16H17FN2O2/c1-2-10-19(12-8-6-11(18)7-9-12)16(21)15-13(17)4-3-5-14(15)20/h3-9,20H,2,10,18H2,1H3. The van der Waals surface area contributed by atoms with E-state index in [-0.39, 0.29) is 11.3 Å². The number of anilines is 2. The molecule has 0 aliphatic rings. The monoisotopic (exact) mass is 288 g/mol. The first-order chi connectivity index (χ1) is 10.0. The fourth-order valence-corrected chi connectivity index (χ4v) is 2.09. The minimum atomic E-state index is -0.739. The van der Waals surface area contributed by atoms with E-state index >= 15 is 0 Å². The fourth-order valence-electron chi connectivity index (χ4n) is 2.09. The van der Waals surface area contributed by atoms with Crippen LogP contribution in [0.4, 0.5) is 15.8 Å². The molecule has 0 saturated carbocycles. The minimum absolute atomic E-state index is 0.317. The van der Waals surface area contributed by atoms with Crippen molar-refractivity contribution in [1.29, 1.82) is 0 Å².